The van der Waals surface area contributed by atoms with Crippen molar-refractivity contribution in [3.8, 4) is 5.75 Å². The molecule has 5 nitrogen and oxygen atoms in total. The quantitative estimate of drug-likeness (QED) is 0.698. The topological polar surface area (TPSA) is 76.0 Å². The van der Waals surface area contributed by atoms with Crippen molar-refractivity contribution in [3.05, 3.63) is 35.7 Å². The average molecular weight is 260 g/mol. The number of para-hydroxylation sites is 1. The molecule has 1 aromatic heterocycles. The van der Waals surface area contributed by atoms with Crippen LogP contribution in [0.5, 0.6) is 5.75 Å². The summed E-state index contributed by atoms with van der Waals surface area (Å²) in [7, 11) is 0. The molecule has 102 valence electrons. The number of nitrogens with one attached hydrogen (secondary N) is 2. The Balaban J connectivity index is 2.06. The van der Waals surface area contributed by atoms with Crippen LogP contribution in [0.1, 0.15) is 24.6 Å². The van der Waals surface area contributed by atoms with Crippen molar-refractivity contribution >= 4 is 11.4 Å². The molecule has 0 bridgehead atoms. The van der Waals surface area contributed by atoms with Crippen molar-refractivity contribution in [2.75, 3.05) is 17.7 Å². The highest BCUT2D eigenvalue weighted by Crippen LogP contribution is 2.29. The van der Waals surface area contributed by atoms with Crippen molar-refractivity contribution in [1.82, 2.24) is 10.2 Å². The lowest BCUT2D eigenvalue weighted by Crippen LogP contribution is -2.05. The van der Waals surface area contributed by atoms with Crippen LogP contribution in [-0.4, -0.2) is 16.8 Å². The molecule has 2 aromatic rings. The van der Waals surface area contributed by atoms with Crippen LogP contribution in [0.25, 0.3) is 0 Å². The molecule has 0 unspecified atom stereocenters. The number of aromatic amines is 1. The summed E-state index contributed by atoms with van der Waals surface area (Å²) in [5.41, 5.74) is 9.81. The normalized spacial score (nSPS) is 10.4. The van der Waals surface area contributed by atoms with Crippen molar-refractivity contribution in [3.63, 3.8) is 0 Å². The molecule has 0 amide bonds. The van der Waals surface area contributed by atoms with Gasteiger partial charge in [0, 0.05) is 17.8 Å². The highest BCUT2D eigenvalue weighted by atomic mass is 16.5. The van der Waals surface area contributed by atoms with Crippen molar-refractivity contribution in [2.24, 2.45) is 0 Å². The monoisotopic (exact) mass is 260 g/mol. The molecule has 0 atom stereocenters. The fourth-order valence-electron chi connectivity index (χ4n) is 1.78. The molecule has 0 spiro atoms. The lowest BCUT2D eigenvalue weighted by atomic mass is 10.2. The highest BCUT2D eigenvalue weighted by Gasteiger charge is 2.06. The van der Waals surface area contributed by atoms with Gasteiger partial charge in [-0.2, -0.15) is 5.10 Å². The van der Waals surface area contributed by atoms with Gasteiger partial charge in [0.05, 0.1) is 24.2 Å². The predicted molar refractivity (Wildman–Crippen MR) is 77.3 cm³/mol. The number of hydrogen-bond acceptors (Lipinski definition) is 4. The molecule has 0 radical (unpaired) electrons. The first-order chi connectivity index (χ1) is 9.22. The van der Waals surface area contributed by atoms with Crippen molar-refractivity contribution < 1.29 is 4.74 Å². The maximum Gasteiger partial charge on any atom is 0.144 e. The van der Waals surface area contributed by atoms with Crippen LogP contribution in [0.2, 0.25) is 0 Å². The van der Waals surface area contributed by atoms with E-state index in [-0.39, 0.29) is 0 Å². The molecule has 0 fully saturated rings. The predicted octanol–water partition coefficient (Wildman–Crippen LogP) is 2.70. The molecule has 19 heavy (non-hydrogen) atoms. The van der Waals surface area contributed by atoms with Crippen LogP contribution in [-0.2, 0) is 6.54 Å². The molecular weight excluding hydrogens is 240 g/mol. The highest BCUT2D eigenvalue weighted by molar-refractivity contribution is 5.72. The van der Waals surface area contributed by atoms with Crippen molar-refractivity contribution in [2.45, 2.75) is 26.8 Å². The van der Waals surface area contributed by atoms with E-state index in [1.165, 1.54) is 0 Å². The molecule has 0 aliphatic heterocycles. The summed E-state index contributed by atoms with van der Waals surface area (Å²) in [6, 6.07) is 5.77. The van der Waals surface area contributed by atoms with Crippen LogP contribution in [0.4, 0.5) is 11.4 Å². The number of benzene rings is 1. The van der Waals surface area contributed by atoms with Gasteiger partial charge in [0.15, 0.2) is 0 Å². The third-order valence-electron chi connectivity index (χ3n) is 2.93. The number of anilines is 2. The molecule has 5 heteroatoms. The van der Waals surface area contributed by atoms with E-state index < -0.39 is 0 Å². The minimum Gasteiger partial charge on any atom is -0.491 e. The first-order valence-corrected chi connectivity index (χ1v) is 6.46. The first kappa shape index (κ1) is 13.3. The zero-order chi connectivity index (χ0) is 13.7. The van der Waals surface area contributed by atoms with E-state index in [1.807, 2.05) is 31.3 Å². The summed E-state index contributed by atoms with van der Waals surface area (Å²) in [5, 5.41) is 10.2. The molecule has 1 heterocycles. The standard InChI is InChI=1S/C14H20N4O/c1-3-7-19-13-6-4-5-12(14(13)15)16-8-11-9-17-18-10(11)2/h4-6,9,16H,3,7-8,15H2,1-2H3,(H,17,18). The summed E-state index contributed by atoms with van der Waals surface area (Å²) in [6.45, 7) is 5.42. The van der Waals surface area contributed by atoms with Gasteiger partial charge in [0.1, 0.15) is 5.75 Å². The Morgan fingerprint density at radius 3 is 2.95 bits per heavy atom. The second-order valence-corrected chi connectivity index (χ2v) is 4.44. The number of H-pyrrole nitrogens is 1. The smallest absolute Gasteiger partial charge is 0.144 e. The SMILES string of the molecule is CCCOc1cccc(NCc2cn[nH]c2C)c1N. The summed E-state index contributed by atoms with van der Waals surface area (Å²) in [5.74, 6) is 0.732. The largest absolute Gasteiger partial charge is 0.491 e. The molecule has 2 rings (SSSR count). The van der Waals surface area contributed by atoms with E-state index in [9.17, 15) is 0 Å². The molecule has 0 aliphatic carbocycles. The van der Waals surface area contributed by atoms with Gasteiger partial charge in [-0.25, -0.2) is 0 Å². The van der Waals surface area contributed by atoms with E-state index in [0.717, 1.165) is 29.1 Å². The second-order valence-electron chi connectivity index (χ2n) is 4.44. The number of nitrogen functional groups attached to an aromatic ring is 1. The van der Waals surface area contributed by atoms with Gasteiger partial charge >= 0.3 is 0 Å². The summed E-state index contributed by atoms with van der Waals surface area (Å²) >= 11 is 0. The Morgan fingerprint density at radius 1 is 1.42 bits per heavy atom. The minimum atomic E-state index is 0.650. The molecule has 0 aliphatic rings. The Kier molecular flexibility index (Phi) is 4.28. The number of nitrogens with zero attached hydrogens (tertiary/aromatic N) is 1. The number of rotatable bonds is 6. The van der Waals surface area contributed by atoms with Gasteiger partial charge in [0.25, 0.3) is 0 Å². The maximum atomic E-state index is 6.09. The number of aryl methyl sites for hydroxylation is 1. The van der Waals surface area contributed by atoms with Gasteiger partial charge in [-0.15, -0.1) is 0 Å². The Bertz CT molecular complexity index is 536. The Labute approximate surface area is 113 Å². The Morgan fingerprint density at radius 2 is 2.26 bits per heavy atom. The lowest BCUT2D eigenvalue weighted by Gasteiger charge is -2.13. The van der Waals surface area contributed by atoms with Crippen LogP contribution in [0.3, 0.4) is 0 Å². The number of hydrogen-bond donors (Lipinski definition) is 3. The molecule has 4 N–H and O–H groups in total. The first-order valence-electron chi connectivity index (χ1n) is 6.46. The number of nitrogens with two attached hydrogens (primary N) is 1. The van der Waals surface area contributed by atoms with Crippen LogP contribution in [0.15, 0.2) is 24.4 Å². The fraction of sp³-hybridized carbons (Fsp3) is 0.357. The van der Waals surface area contributed by atoms with Gasteiger partial charge in [-0.05, 0) is 25.5 Å². The zero-order valence-corrected chi connectivity index (χ0v) is 11.4. The van der Waals surface area contributed by atoms with E-state index >= 15 is 0 Å². The Hall–Kier alpha value is -2.17. The summed E-state index contributed by atoms with van der Waals surface area (Å²) in [6.07, 6.45) is 2.78. The molecule has 0 saturated carbocycles. The van der Waals surface area contributed by atoms with Crippen LogP contribution in [0, 0.1) is 6.92 Å². The zero-order valence-electron chi connectivity index (χ0n) is 11.4. The third-order valence-corrected chi connectivity index (χ3v) is 2.93. The second kappa shape index (κ2) is 6.13. The van der Waals surface area contributed by atoms with E-state index in [0.29, 0.717) is 18.8 Å². The third kappa shape index (κ3) is 3.19. The lowest BCUT2D eigenvalue weighted by molar-refractivity contribution is 0.319. The van der Waals surface area contributed by atoms with E-state index in [4.69, 9.17) is 10.5 Å². The van der Waals surface area contributed by atoms with Gasteiger partial charge < -0.3 is 15.8 Å². The maximum absolute atomic E-state index is 6.09. The molecular formula is C14H20N4O. The van der Waals surface area contributed by atoms with Gasteiger partial charge in [-0.1, -0.05) is 13.0 Å². The molecule has 1 aromatic carbocycles. The van der Waals surface area contributed by atoms with Gasteiger partial charge in [0.2, 0.25) is 0 Å². The van der Waals surface area contributed by atoms with E-state index in [2.05, 4.69) is 22.4 Å². The van der Waals surface area contributed by atoms with Crippen LogP contribution >= 0.6 is 0 Å². The van der Waals surface area contributed by atoms with Crippen molar-refractivity contribution in [1.29, 1.82) is 0 Å². The van der Waals surface area contributed by atoms with Gasteiger partial charge in [-0.3, -0.25) is 5.10 Å². The summed E-state index contributed by atoms with van der Waals surface area (Å²) < 4.78 is 5.60. The van der Waals surface area contributed by atoms with E-state index in [1.54, 1.807) is 0 Å². The fourth-order valence-corrected chi connectivity index (χ4v) is 1.78. The molecule has 0 saturated heterocycles. The number of ether oxygens (including phenoxy) is 1. The summed E-state index contributed by atoms with van der Waals surface area (Å²) in [4.78, 5) is 0. The van der Waals surface area contributed by atoms with Crippen LogP contribution < -0.4 is 15.8 Å². The average Bonchev–Trinajstić information content (AvgIpc) is 2.82. The number of aromatic nitrogens is 2. The minimum absolute atomic E-state index is 0.650.